The molecule has 2 nitrogen and oxygen atoms in total. The molecule has 21 heavy (non-hydrogen) atoms. The molecule has 1 aliphatic rings. The van der Waals surface area contributed by atoms with Gasteiger partial charge in [-0.15, -0.1) is 0 Å². The molecule has 1 aromatic carbocycles. The molecular weight excluding hydrogens is 282 g/mol. The molecule has 0 aromatic heterocycles. The second-order valence-corrected chi connectivity index (χ2v) is 6.80. The van der Waals surface area contributed by atoms with Gasteiger partial charge in [-0.2, -0.15) is 0 Å². The summed E-state index contributed by atoms with van der Waals surface area (Å²) in [5, 5.41) is 4.42. The van der Waals surface area contributed by atoms with E-state index in [4.69, 9.17) is 16.3 Å². The fourth-order valence-corrected chi connectivity index (χ4v) is 3.89. The molecule has 0 saturated heterocycles. The van der Waals surface area contributed by atoms with Crippen LogP contribution in [-0.2, 0) is 5.41 Å². The Bertz CT molecular complexity index is 449. The van der Waals surface area contributed by atoms with Crippen LogP contribution in [0.2, 0.25) is 5.02 Å². The van der Waals surface area contributed by atoms with Gasteiger partial charge in [0, 0.05) is 22.5 Å². The summed E-state index contributed by atoms with van der Waals surface area (Å²) in [6.07, 6.45) is 6.26. The summed E-state index contributed by atoms with van der Waals surface area (Å²) in [5.41, 5.74) is 1.49. The largest absolute Gasteiger partial charge is 0.496 e. The lowest BCUT2D eigenvalue weighted by Crippen LogP contribution is -2.49. The van der Waals surface area contributed by atoms with Crippen LogP contribution in [0.4, 0.5) is 0 Å². The van der Waals surface area contributed by atoms with Crippen molar-refractivity contribution in [2.24, 2.45) is 5.92 Å². The van der Waals surface area contributed by atoms with Crippen molar-refractivity contribution < 1.29 is 4.74 Å². The molecule has 1 aromatic rings. The van der Waals surface area contributed by atoms with Gasteiger partial charge in [0.1, 0.15) is 5.75 Å². The molecule has 1 saturated carbocycles. The normalized spacial score (nSPS) is 24.7. The van der Waals surface area contributed by atoms with E-state index < -0.39 is 0 Å². The van der Waals surface area contributed by atoms with Gasteiger partial charge in [-0.25, -0.2) is 0 Å². The quantitative estimate of drug-likeness (QED) is 0.697. The molecule has 1 aliphatic carbocycles. The summed E-state index contributed by atoms with van der Waals surface area (Å²) in [6, 6.07) is 6.03. The lowest BCUT2D eigenvalue weighted by molar-refractivity contribution is 0.125. The van der Waals surface area contributed by atoms with Gasteiger partial charge in [-0.3, -0.25) is 0 Å². The number of hydrogen-bond acceptors (Lipinski definition) is 2. The summed E-state index contributed by atoms with van der Waals surface area (Å²) in [4.78, 5) is 0. The second-order valence-electron chi connectivity index (χ2n) is 6.36. The average Bonchev–Trinajstić information content (AvgIpc) is 2.44. The molecule has 0 radical (unpaired) electrons. The number of benzene rings is 1. The van der Waals surface area contributed by atoms with E-state index in [0.29, 0.717) is 0 Å². The van der Waals surface area contributed by atoms with Gasteiger partial charge in [-0.1, -0.05) is 38.3 Å². The second kappa shape index (κ2) is 7.51. The third-order valence-electron chi connectivity index (χ3n) is 4.68. The minimum absolute atomic E-state index is 0.200. The first kappa shape index (κ1) is 16.6. The van der Waals surface area contributed by atoms with Crippen molar-refractivity contribution in [3.63, 3.8) is 0 Å². The Labute approximate surface area is 134 Å². The Kier molecular flexibility index (Phi) is 5.95. The lowest BCUT2D eigenvalue weighted by Gasteiger charge is -2.49. The Hall–Kier alpha value is -0.730. The summed E-state index contributed by atoms with van der Waals surface area (Å²) in [7, 11) is 1.75. The molecule has 1 N–H and O–H groups in total. The molecule has 1 fully saturated rings. The van der Waals surface area contributed by atoms with E-state index in [9.17, 15) is 0 Å². The van der Waals surface area contributed by atoms with Crippen LogP contribution in [0.5, 0.6) is 5.75 Å². The lowest BCUT2D eigenvalue weighted by atomic mass is 9.57. The Balaban J connectivity index is 2.21. The molecule has 0 aliphatic heterocycles. The first-order valence-corrected chi connectivity index (χ1v) is 8.57. The highest BCUT2D eigenvalue weighted by Crippen LogP contribution is 2.52. The highest BCUT2D eigenvalue weighted by Gasteiger charge is 2.46. The standard InChI is InChI=1S/C18H28ClNO/c1-4-6-14-11-18(12-14,13-20-9-5-2)16-10-15(19)7-8-17(16)21-3/h7-8,10,14,20H,4-6,9,11-13H2,1-3H3. The van der Waals surface area contributed by atoms with Crippen molar-refractivity contribution in [2.75, 3.05) is 20.2 Å². The Morgan fingerprint density at radius 2 is 2.05 bits per heavy atom. The van der Waals surface area contributed by atoms with Crippen LogP contribution in [0.15, 0.2) is 18.2 Å². The van der Waals surface area contributed by atoms with Crippen molar-refractivity contribution in [3.05, 3.63) is 28.8 Å². The van der Waals surface area contributed by atoms with Crippen LogP contribution in [0.3, 0.4) is 0 Å². The maximum absolute atomic E-state index is 6.24. The maximum atomic E-state index is 6.24. The van der Waals surface area contributed by atoms with Crippen LogP contribution < -0.4 is 10.1 Å². The van der Waals surface area contributed by atoms with E-state index in [1.807, 2.05) is 12.1 Å². The Morgan fingerprint density at radius 1 is 1.29 bits per heavy atom. The number of ether oxygens (including phenoxy) is 1. The highest BCUT2D eigenvalue weighted by molar-refractivity contribution is 6.30. The van der Waals surface area contributed by atoms with E-state index in [2.05, 4.69) is 25.2 Å². The van der Waals surface area contributed by atoms with Gasteiger partial charge in [0.05, 0.1) is 7.11 Å². The molecule has 0 amide bonds. The molecule has 3 heteroatoms. The summed E-state index contributed by atoms with van der Waals surface area (Å²) in [5.74, 6) is 1.83. The number of hydrogen-bond donors (Lipinski definition) is 1. The van der Waals surface area contributed by atoms with Gasteiger partial charge in [0.2, 0.25) is 0 Å². The minimum atomic E-state index is 0.200. The van der Waals surface area contributed by atoms with E-state index in [1.165, 1.54) is 37.7 Å². The fraction of sp³-hybridized carbons (Fsp3) is 0.667. The van der Waals surface area contributed by atoms with Gasteiger partial charge < -0.3 is 10.1 Å². The highest BCUT2D eigenvalue weighted by atomic mass is 35.5. The van der Waals surface area contributed by atoms with E-state index in [-0.39, 0.29) is 5.41 Å². The third-order valence-corrected chi connectivity index (χ3v) is 4.91. The molecule has 0 bridgehead atoms. The van der Waals surface area contributed by atoms with E-state index in [0.717, 1.165) is 29.8 Å². The summed E-state index contributed by atoms with van der Waals surface area (Å²) >= 11 is 6.24. The number of nitrogens with one attached hydrogen (secondary N) is 1. The summed E-state index contributed by atoms with van der Waals surface area (Å²) in [6.45, 7) is 6.58. The molecular formula is C18H28ClNO. The molecule has 118 valence electrons. The van der Waals surface area contributed by atoms with Gasteiger partial charge in [-0.05, 0) is 49.9 Å². The van der Waals surface area contributed by atoms with Crippen LogP contribution in [0.25, 0.3) is 0 Å². The number of rotatable bonds is 8. The zero-order valence-electron chi connectivity index (χ0n) is 13.5. The van der Waals surface area contributed by atoms with Gasteiger partial charge in [0.15, 0.2) is 0 Å². The van der Waals surface area contributed by atoms with Gasteiger partial charge in [0.25, 0.3) is 0 Å². The van der Waals surface area contributed by atoms with E-state index in [1.54, 1.807) is 7.11 Å². The Morgan fingerprint density at radius 3 is 2.67 bits per heavy atom. The van der Waals surface area contributed by atoms with Crippen LogP contribution in [0, 0.1) is 5.92 Å². The minimum Gasteiger partial charge on any atom is -0.496 e. The fourth-order valence-electron chi connectivity index (χ4n) is 3.72. The first-order valence-electron chi connectivity index (χ1n) is 8.20. The number of halogens is 1. The molecule has 0 heterocycles. The van der Waals surface area contributed by atoms with Crippen molar-refractivity contribution in [1.29, 1.82) is 0 Å². The SMILES string of the molecule is CCCNCC1(c2cc(Cl)ccc2OC)CC(CCC)C1. The molecule has 0 spiro atoms. The summed E-state index contributed by atoms with van der Waals surface area (Å²) < 4.78 is 5.60. The van der Waals surface area contributed by atoms with Crippen molar-refractivity contribution in [2.45, 2.75) is 51.4 Å². The smallest absolute Gasteiger partial charge is 0.122 e. The molecule has 0 unspecified atom stereocenters. The first-order chi connectivity index (χ1) is 10.1. The maximum Gasteiger partial charge on any atom is 0.122 e. The van der Waals surface area contributed by atoms with E-state index >= 15 is 0 Å². The average molecular weight is 310 g/mol. The number of methoxy groups -OCH3 is 1. The van der Waals surface area contributed by atoms with Crippen LogP contribution in [0.1, 0.15) is 51.5 Å². The zero-order valence-corrected chi connectivity index (χ0v) is 14.3. The predicted molar refractivity (Wildman–Crippen MR) is 90.5 cm³/mol. The zero-order chi connectivity index (χ0) is 15.3. The van der Waals surface area contributed by atoms with Crippen molar-refractivity contribution in [3.8, 4) is 5.75 Å². The molecule has 2 rings (SSSR count). The van der Waals surface area contributed by atoms with Gasteiger partial charge >= 0.3 is 0 Å². The van der Waals surface area contributed by atoms with Crippen LogP contribution >= 0.6 is 11.6 Å². The third kappa shape index (κ3) is 3.73. The van der Waals surface area contributed by atoms with Crippen molar-refractivity contribution in [1.82, 2.24) is 5.32 Å². The predicted octanol–water partition coefficient (Wildman–Crippen LogP) is 4.80. The monoisotopic (exact) mass is 309 g/mol. The van der Waals surface area contributed by atoms with Crippen LogP contribution in [-0.4, -0.2) is 20.2 Å². The topological polar surface area (TPSA) is 21.3 Å². The van der Waals surface area contributed by atoms with Crippen molar-refractivity contribution >= 4 is 11.6 Å². The molecule has 0 atom stereocenters.